The molecule has 0 aliphatic rings. The van der Waals surface area contributed by atoms with Crippen molar-refractivity contribution in [2.45, 2.75) is 19.8 Å². The van der Waals surface area contributed by atoms with E-state index >= 15 is 0 Å². The van der Waals surface area contributed by atoms with Gasteiger partial charge >= 0.3 is 0 Å². The first-order valence-electron chi connectivity index (χ1n) is 6.54. The van der Waals surface area contributed by atoms with Crippen LogP contribution in [0.5, 0.6) is 0 Å². The zero-order valence-corrected chi connectivity index (χ0v) is 11.0. The van der Waals surface area contributed by atoms with Gasteiger partial charge in [0.1, 0.15) is 5.65 Å². The fraction of sp³-hybridized carbons (Fsp3) is 0.188. The van der Waals surface area contributed by atoms with Crippen LogP contribution in [-0.4, -0.2) is 19.8 Å². The molecule has 20 heavy (non-hydrogen) atoms. The van der Waals surface area contributed by atoms with E-state index in [1.807, 2.05) is 47.2 Å². The van der Waals surface area contributed by atoms with E-state index in [9.17, 15) is 5.11 Å². The quantitative estimate of drug-likeness (QED) is 0.761. The number of fused-ring (bicyclic) bond motifs is 1. The number of nitrogens with zero attached hydrogens (tertiary/aromatic N) is 2. The summed E-state index contributed by atoms with van der Waals surface area (Å²) >= 11 is 0. The SMILES string of the molecule is OCc1ccc(Cn2cc(CO)c3cccnc32)cc1. The van der Waals surface area contributed by atoms with Crippen LogP contribution in [0, 0.1) is 0 Å². The Labute approximate surface area is 116 Å². The molecule has 0 amide bonds. The van der Waals surface area contributed by atoms with E-state index in [0.29, 0.717) is 6.54 Å². The number of aliphatic hydroxyl groups excluding tert-OH is 2. The third-order valence-corrected chi connectivity index (χ3v) is 3.45. The molecule has 3 rings (SSSR count). The minimum Gasteiger partial charge on any atom is -0.392 e. The topological polar surface area (TPSA) is 58.3 Å². The van der Waals surface area contributed by atoms with E-state index in [4.69, 9.17) is 5.11 Å². The second kappa shape index (κ2) is 5.45. The van der Waals surface area contributed by atoms with Gasteiger partial charge in [0, 0.05) is 29.9 Å². The van der Waals surface area contributed by atoms with Gasteiger partial charge < -0.3 is 14.8 Å². The summed E-state index contributed by atoms with van der Waals surface area (Å²) in [5.74, 6) is 0. The average Bonchev–Trinajstić information content (AvgIpc) is 2.86. The minimum atomic E-state index is 0.0125. The number of benzene rings is 1. The highest BCUT2D eigenvalue weighted by Crippen LogP contribution is 2.20. The van der Waals surface area contributed by atoms with Crippen LogP contribution in [0.2, 0.25) is 0 Å². The Morgan fingerprint density at radius 1 is 0.950 bits per heavy atom. The van der Waals surface area contributed by atoms with Crippen LogP contribution in [0.4, 0.5) is 0 Å². The van der Waals surface area contributed by atoms with Crippen LogP contribution in [0.1, 0.15) is 16.7 Å². The summed E-state index contributed by atoms with van der Waals surface area (Å²) in [6.07, 6.45) is 3.70. The van der Waals surface area contributed by atoms with Crippen molar-refractivity contribution >= 4 is 11.0 Å². The van der Waals surface area contributed by atoms with Gasteiger partial charge in [-0.2, -0.15) is 0 Å². The third-order valence-electron chi connectivity index (χ3n) is 3.45. The highest BCUT2D eigenvalue weighted by Gasteiger charge is 2.08. The molecule has 102 valence electrons. The normalized spacial score (nSPS) is 11.1. The predicted molar refractivity (Wildman–Crippen MR) is 77.1 cm³/mol. The molecule has 0 unspecified atom stereocenters. The summed E-state index contributed by atoms with van der Waals surface area (Å²) in [6.45, 7) is 0.765. The van der Waals surface area contributed by atoms with Crippen molar-refractivity contribution in [1.82, 2.24) is 9.55 Å². The lowest BCUT2D eigenvalue weighted by Crippen LogP contribution is -1.99. The van der Waals surface area contributed by atoms with Crippen molar-refractivity contribution < 1.29 is 10.2 Å². The van der Waals surface area contributed by atoms with Gasteiger partial charge in [-0.3, -0.25) is 0 Å². The molecule has 0 aliphatic heterocycles. The lowest BCUT2D eigenvalue weighted by Gasteiger charge is -2.05. The maximum Gasteiger partial charge on any atom is 0.140 e. The maximum atomic E-state index is 9.41. The summed E-state index contributed by atoms with van der Waals surface area (Å²) in [4.78, 5) is 4.39. The van der Waals surface area contributed by atoms with Gasteiger partial charge in [-0.15, -0.1) is 0 Å². The molecule has 2 heterocycles. The summed E-state index contributed by atoms with van der Waals surface area (Å²) in [5, 5.41) is 19.5. The number of aromatic nitrogens is 2. The van der Waals surface area contributed by atoms with Crippen LogP contribution in [0.15, 0.2) is 48.8 Å². The molecule has 3 aromatic rings. The molecular formula is C16H16N2O2. The standard InChI is InChI=1S/C16H16N2O2/c19-10-13-5-3-12(4-6-13)8-18-9-14(11-20)15-2-1-7-17-16(15)18/h1-7,9,19-20H,8,10-11H2. The zero-order chi connectivity index (χ0) is 13.9. The highest BCUT2D eigenvalue weighted by atomic mass is 16.3. The van der Waals surface area contributed by atoms with Gasteiger partial charge in [0.2, 0.25) is 0 Å². The molecule has 0 radical (unpaired) electrons. The van der Waals surface area contributed by atoms with E-state index in [2.05, 4.69) is 4.98 Å². The molecule has 0 atom stereocenters. The zero-order valence-electron chi connectivity index (χ0n) is 11.0. The van der Waals surface area contributed by atoms with Crippen molar-refractivity contribution in [3.8, 4) is 0 Å². The number of aliphatic hydroxyl groups is 2. The molecule has 1 aromatic carbocycles. The van der Waals surface area contributed by atoms with E-state index in [-0.39, 0.29) is 13.2 Å². The van der Waals surface area contributed by atoms with Gasteiger partial charge in [-0.05, 0) is 23.3 Å². The minimum absolute atomic E-state index is 0.0125. The molecule has 0 spiro atoms. The first-order valence-corrected chi connectivity index (χ1v) is 6.54. The second-order valence-electron chi connectivity index (χ2n) is 4.79. The molecule has 4 nitrogen and oxygen atoms in total. The predicted octanol–water partition coefficient (Wildman–Crippen LogP) is 2.07. The molecule has 0 saturated carbocycles. The van der Waals surface area contributed by atoms with Crippen molar-refractivity contribution in [3.63, 3.8) is 0 Å². The van der Waals surface area contributed by atoms with Crippen molar-refractivity contribution in [3.05, 3.63) is 65.5 Å². The number of hydrogen-bond acceptors (Lipinski definition) is 3. The van der Waals surface area contributed by atoms with Crippen molar-refractivity contribution in [1.29, 1.82) is 0 Å². The maximum absolute atomic E-state index is 9.41. The molecule has 0 fully saturated rings. The van der Waals surface area contributed by atoms with Crippen molar-refractivity contribution in [2.75, 3.05) is 0 Å². The molecule has 2 N–H and O–H groups in total. The molecular weight excluding hydrogens is 252 g/mol. The van der Waals surface area contributed by atoms with Crippen LogP contribution in [0.3, 0.4) is 0 Å². The van der Waals surface area contributed by atoms with E-state index in [0.717, 1.165) is 27.7 Å². The van der Waals surface area contributed by atoms with Gasteiger partial charge in [-0.1, -0.05) is 24.3 Å². The molecule has 0 aliphatic carbocycles. The van der Waals surface area contributed by atoms with E-state index < -0.39 is 0 Å². The first kappa shape index (κ1) is 12.8. The monoisotopic (exact) mass is 268 g/mol. The van der Waals surface area contributed by atoms with Crippen LogP contribution in [-0.2, 0) is 19.8 Å². The smallest absolute Gasteiger partial charge is 0.140 e. The van der Waals surface area contributed by atoms with Gasteiger partial charge in [0.15, 0.2) is 0 Å². The Morgan fingerprint density at radius 3 is 2.40 bits per heavy atom. The van der Waals surface area contributed by atoms with Crippen LogP contribution < -0.4 is 0 Å². The first-order chi connectivity index (χ1) is 9.81. The molecule has 4 heteroatoms. The Morgan fingerprint density at radius 2 is 1.70 bits per heavy atom. The van der Waals surface area contributed by atoms with Gasteiger partial charge in [-0.25, -0.2) is 4.98 Å². The van der Waals surface area contributed by atoms with Crippen LogP contribution in [0.25, 0.3) is 11.0 Å². The number of hydrogen-bond donors (Lipinski definition) is 2. The average molecular weight is 268 g/mol. The fourth-order valence-corrected chi connectivity index (χ4v) is 2.39. The largest absolute Gasteiger partial charge is 0.392 e. The Bertz CT molecular complexity index is 717. The third kappa shape index (κ3) is 2.31. The molecule has 0 bridgehead atoms. The lowest BCUT2D eigenvalue weighted by atomic mass is 10.1. The van der Waals surface area contributed by atoms with Gasteiger partial charge in [0.25, 0.3) is 0 Å². The molecule has 0 saturated heterocycles. The summed E-state index contributed by atoms with van der Waals surface area (Å²) < 4.78 is 2.04. The van der Waals surface area contributed by atoms with Crippen LogP contribution >= 0.6 is 0 Å². The number of pyridine rings is 1. The Hall–Kier alpha value is -2.17. The van der Waals surface area contributed by atoms with E-state index in [1.165, 1.54) is 0 Å². The summed E-state index contributed by atoms with van der Waals surface area (Å²) in [5.41, 5.74) is 3.80. The number of rotatable bonds is 4. The Kier molecular flexibility index (Phi) is 3.50. The fourth-order valence-electron chi connectivity index (χ4n) is 2.39. The van der Waals surface area contributed by atoms with Gasteiger partial charge in [0.05, 0.1) is 13.2 Å². The lowest BCUT2D eigenvalue weighted by molar-refractivity contribution is 0.281. The Balaban J connectivity index is 1.97. The second-order valence-corrected chi connectivity index (χ2v) is 4.79. The summed E-state index contributed by atoms with van der Waals surface area (Å²) in [6, 6.07) is 11.7. The molecule has 2 aromatic heterocycles. The summed E-state index contributed by atoms with van der Waals surface area (Å²) in [7, 11) is 0. The van der Waals surface area contributed by atoms with E-state index in [1.54, 1.807) is 6.20 Å². The highest BCUT2D eigenvalue weighted by molar-refractivity contribution is 5.80. The van der Waals surface area contributed by atoms with Crippen molar-refractivity contribution in [2.24, 2.45) is 0 Å².